The molecular formula is C16H18ClF3N3O5S2+. The fourth-order valence-electron chi connectivity index (χ4n) is 2.52. The quantitative estimate of drug-likeness (QED) is 0.406. The van der Waals surface area contributed by atoms with Gasteiger partial charge in [0, 0.05) is 18.1 Å². The van der Waals surface area contributed by atoms with Gasteiger partial charge in [-0.2, -0.15) is 34.3 Å². The van der Waals surface area contributed by atoms with E-state index in [1.807, 2.05) is 30.3 Å². The van der Waals surface area contributed by atoms with E-state index in [1.165, 1.54) is 8.28 Å². The predicted octanol–water partition coefficient (Wildman–Crippen LogP) is 2.24. The summed E-state index contributed by atoms with van der Waals surface area (Å²) in [6.45, 7) is 0.798. The van der Waals surface area contributed by atoms with Crippen LogP contribution in [0.15, 0.2) is 49.1 Å². The molecule has 1 N–H and O–H groups in total. The Bertz CT molecular complexity index is 1140. The van der Waals surface area contributed by atoms with Crippen LogP contribution in [0.5, 0.6) is 0 Å². The molecule has 0 saturated carbocycles. The monoisotopic (exact) mass is 488 g/mol. The lowest BCUT2D eigenvalue weighted by atomic mass is 10.0. The molecule has 2 aromatic rings. The molecule has 8 nitrogen and oxygen atoms in total. The number of benzene rings is 1. The molecular weight excluding hydrogens is 471 g/mol. The van der Waals surface area contributed by atoms with E-state index in [0.29, 0.717) is 24.5 Å². The lowest BCUT2D eigenvalue weighted by Gasteiger charge is -2.24. The number of rotatable bonds is 3. The number of aromatic nitrogens is 2. The van der Waals surface area contributed by atoms with E-state index in [1.54, 1.807) is 30.3 Å². The van der Waals surface area contributed by atoms with Gasteiger partial charge >= 0.3 is 25.8 Å². The summed E-state index contributed by atoms with van der Waals surface area (Å²) in [5.41, 5.74) is -3.46. The van der Waals surface area contributed by atoms with E-state index in [2.05, 4.69) is 0 Å². The van der Waals surface area contributed by atoms with Crippen molar-refractivity contribution < 1.29 is 39.1 Å². The van der Waals surface area contributed by atoms with Crippen molar-refractivity contribution >= 4 is 37.5 Å². The molecule has 0 saturated heterocycles. The first kappa shape index (κ1) is 24.3. The second-order valence-corrected chi connectivity index (χ2v) is 9.81. The summed E-state index contributed by atoms with van der Waals surface area (Å²) in [6.07, 6.45) is 7.37. The van der Waals surface area contributed by atoms with Gasteiger partial charge in [-0.15, -0.1) is 3.97 Å². The van der Waals surface area contributed by atoms with E-state index in [0.717, 1.165) is 11.1 Å². The highest BCUT2D eigenvalue weighted by Gasteiger charge is 2.44. The number of imidazole rings is 1. The first-order valence-electron chi connectivity index (χ1n) is 8.25. The molecule has 3 rings (SSSR count). The van der Waals surface area contributed by atoms with E-state index >= 15 is 0 Å². The Balaban J connectivity index is 0.000000343. The highest BCUT2D eigenvalue weighted by Crippen LogP contribution is 2.29. The summed E-state index contributed by atoms with van der Waals surface area (Å²) in [6, 6.07) is 7.63. The van der Waals surface area contributed by atoms with Crippen LogP contribution in [0.2, 0.25) is 5.02 Å². The Morgan fingerprint density at radius 3 is 2.20 bits per heavy atom. The number of aryl methyl sites for hydroxylation is 1. The second kappa shape index (κ2) is 9.06. The Hall–Kier alpha value is -1.93. The zero-order chi connectivity index (χ0) is 22.7. The second-order valence-electron chi connectivity index (χ2n) is 6.15. The van der Waals surface area contributed by atoms with Crippen LogP contribution >= 0.6 is 11.6 Å². The third-order valence-electron chi connectivity index (χ3n) is 4.02. The van der Waals surface area contributed by atoms with Gasteiger partial charge < -0.3 is 0 Å². The average Bonchev–Trinajstić information content (AvgIpc) is 3.08. The van der Waals surface area contributed by atoms with Crippen LogP contribution in [0.25, 0.3) is 5.57 Å². The molecule has 14 heteroatoms. The molecule has 0 amide bonds. The zero-order valence-electron chi connectivity index (χ0n) is 15.5. The van der Waals surface area contributed by atoms with E-state index in [-0.39, 0.29) is 0 Å². The van der Waals surface area contributed by atoms with Gasteiger partial charge in [0.05, 0.1) is 7.05 Å². The van der Waals surface area contributed by atoms with Crippen LogP contribution in [0.4, 0.5) is 13.2 Å². The van der Waals surface area contributed by atoms with E-state index in [4.69, 9.17) is 24.6 Å². The summed E-state index contributed by atoms with van der Waals surface area (Å²) < 4.78 is 87.0. The lowest BCUT2D eigenvalue weighted by molar-refractivity contribution is -0.670. The molecule has 1 aromatic heterocycles. The fourth-order valence-corrected chi connectivity index (χ4v) is 4.11. The Kier molecular flexibility index (Phi) is 7.35. The Morgan fingerprint density at radius 2 is 1.77 bits per heavy atom. The maximum absolute atomic E-state index is 12.5. The van der Waals surface area contributed by atoms with Gasteiger partial charge in [0.2, 0.25) is 0 Å². The van der Waals surface area contributed by atoms with Crippen LogP contribution in [-0.2, 0) is 27.4 Å². The van der Waals surface area contributed by atoms with Crippen molar-refractivity contribution in [2.24, 2.45) is 7.05 Å². The van der Waals surface area contributed by atoms with Crippen molar-refractivity contribution in [3.63, 3.8) is 0 Å². The maximum Gasteiger partial charge on any atom is 0.522 e. The molecule has 1 aliphatic rings. The van der Waals surface area contributed by atoms with Crippen molar-refractivity contribution in [1.82, 2.24) is 8.28 Å². The molecule has 1 aromatic carbocycles. The molecule has 0 fully saturated rings. The summed E-state index contributed by atoms with van der Waals surface area (Å²) in [4.78, 5) is 0. The van der Waals surface area contributed by atoms with Crippen molar-refractivity contribution in [2.75, 3.05) is 13.1 Å². The maximum atomic E-state index is 12.5. The minimum atomic E-state index is -5.84. The summed E-state index contributed by atoms with van der Waals surface area (Å²) in [5.74, 6) is 0. The van der Waals surface area contributed by atoms with Crippen LogP contribution < -0.4 is 4.57 Å². The SMILES string of the molecule is C[n+]1ccn(S(=O)(=O)N2CC=C(c3ccccc3Cl)CC2)c1.O=S(=O)(O)C(F)(F)F. The minimum Gasteiger partial charge on any atom is -0.279 e. The standard InChI is InChI=1S/C15H17ClN3O2S.CHF3O3S/c1-17-10-11-19(12-17)22(20,21)18-8-6-13(7-9-18)14-4-2-3-5-15(14)16;2-1(3,4)8(5,6)7/h2-6,10-12H,7-9H2,1H3;(H,5,6,7)/q+1;. The van der Waals surface area contributed by atoms with E-state index < -0.39 is 25.8 Å². The van der Waals surface area contributed by atoms with Gasteiger partial charge in [-0.05, 0) is 23.6 Å². The molecule has 0 spiro atoms. The van der Waals surface area contributed by atoms with Crippen LogP contribution in [0, 0.1) is 0 Å². The van der Waals surface area contributed by atoms with Gasteiger partial charge in [0.25, 0.3) is 6.33 Å². The zero-order valence-corrected chi connectivity index (χ0v) is 17.9. The summed E-state index contributed by atoms with van der Waals surface area (Å²) >= 11 is 6.20. The molecule has 166 valence electrons. The van der Waals surface area contributed by atoms with Gasteiger partial charge in [-0.25, -0.2) is 4.57 Å². The Labute approximate surface area is 176 Å². The molecule has 0 atom stereocenters. The van der Waals surface area contributed by atoms with Crippen molar-refractivity contribution in [2.45, 2.75) is 11.9 Å². The third-order valence-corrected chi connectivity index (χ3v) is 6.67. The fraction of sp³-hybridized carbons (Fsp3) is 0.312. The highest BCUT2D eigenvalue weighted by atomic mass is 35.5. The van der Waals surface area contributed by atoms with Crippen molar-refractivity contribution in [3.05, 3.63) is 59.6 Å². The van der Waals surface area contributed by atoms with Gasteiger partial charge in [-0.3, -0.25) is 4.55 Å². The summed E-state index contributed by atoms with van der Waals surface area (Å²) in [5, 5.41) is 0.697. The van der Waals surface area contributed by atoms with Crippen molar-refractivity contribution in [3.8, 4) is 0 Å². The topological polar surface area (TPSA) is 101 Å². The van der Waals surface area contributed by atoms with Gasteiger partial charge in [-0.1, -0.05) is 35.9 Å². The van der Waals surface area contributed by atoms with Crippen LogP contribution in [0.1, 0.15) is 12.0 Å². The minimum absolute atomic E-state index is 0.352. The smallest absolute Gasteiger partial charge is 0.279 e. The number of nitrogens with zero attached hydrogens (tertiary/aromatic N) is 3. The molecule has 2 heterocycles. The number of hydrogen-bond acceptors (Lipinski definition) is 4. The first-order chi connectivity index (χ1) is 13.7. The molecule has 0 aliphatic carbocycles. The third kappa shape index (κ3) is 5.82. The molecule has 0 bridgehead atoms. The number of halogens is 4. The Morgan fingerprint density at radius 1 is 1.17 bits per heavy atom. The first-order valence-corrected chi connectivity index (χ1v) is 11.5. The normalized spacial score (nSPS) is 15.9. The van der Waals surface area contributed by atoms with Crippen LogP contribution in [0.3, 0.4) is 0 Å². The van der Waals surface area contributed by atoms with Gasteiger partial charge in [0.15, 0.2) is 0 Å². The van der Waals surface area contributed by atoms with Gasteiger partial charge in [0.1, 0.15) is 12.4 Å². The largest absolute Gasteiger partial charge is 0.522 e. The number of hydrogen-bond donors (Lipinski definition) is 1. The number of alkyl halides is 3. The molecule has 0 unspecified atom stereocenters. The lowest BCUT2D eigenvalue weighted by Crippen LogP contribution is -2.38. The molecule has 0 radical (unpaired) electrons. The average molecular weight is 489 g/mol. The molecule has 30 heavy (non-hydrogen) atoms. The van der Waals surface area contributed by atoms with Crippen LogP contribution in [-0.4, -0.2) is 48.3 Å². The predicted molar refractivity (Wildman–Crippen MR) is 103 cm³/mol. The summed E-state index contributed by atoms with van der Waals surface area (Å²) in [7, 11) is -7.56. The van der Waals surface area contributed by atoms with Crippen molar-refractivity contribution in [1.29, 1.82) is 0 Å². The molecule has 1 aliphatic heterocycles. The highest BCUT2D eigenvalue weighted by molar-refractivity contribution is 7.87. The van der Waals surface area contributed by atoms with E-state index in [9.17, 15) is 21.6 Å².